The Morgan fingerprint density at radius 2 is 1.67 bits per heavy atom. The Balaban J connectivity index is 1.24. The fraction of sp³-hybridized carbons (Fsp3) is 0.258. The van der Waals surface area contributed by atoms with Crippen molar-refractivity contribution in [2.75, 3.05) is 7.05 Å². The van der Waals surface area contributed by atoms with E-state index in [1.165, 1.54) is 0 Å². The molecule has 3 aromatic heterocycles. The topological polar surface area (TPSA) is 138 Å². The highest BCUT2D eigenvalue weighted by Crippen LogP contribution is 2.38. The number of hydrogen-bond acceptors (Lipinski definition) is 7. The van der Waals surface area contributed by atoms with E-state index in [9.17, 15) is 14.7 Å². The highest BCUT2D eigenvalue weighted by molar-refractivity contribution is 5.92. The molecule has 4 heterocycles. The van der Waals surface area contributed by atoms with Crippen molar-refractivity contribution in [3.63, 3.8) is 0 Å². The largest absolute Gasteiger partial charge is 0.504 e. The van der Waals surface area contributed by atoms with Crippen LogP contribution in [0.15, 0.2) is 54.7 Å². The van der Waals surface area contributed by atoms with Crippen LogP contribution in [-0.2, 0) is 24.9 Å². The van der Waals surface area contributed by atoms with Gasteiger partial charge in [-0.25, -0.2) is 9.78 Å². The van der Waals surface area contributed by atoms with Gasteiger partial charge in [-0.3, -0.25) is 19.4 Å². The summed E-state index contributed by atoms with van der Waals surface area (Å²) < 4.78 is 7.14. The van der Waals surface area contributed by atoms with Gasteiger partial charge in [0.05, 0.1) is 11.0 Å². The van der Waals surface area contributed by atoms with Gasteiger partial charge in [-0.15, -0.1) is 0 Å². The highest BCUT2D eigenvalue weighted by Gasteiger charge is 2.29. The van der Waals surface area contributed by atoms with E-state index in [1.54, 1.807) is 35.9 Å². The van der Waals surface area contributed by atoms with Gasteiger partial charge in [-0.05, 0) is 55.7 Å². The van der Waals surface area contributed by atoms with E-state index in [1.807, 2.05) is 63.2 Å². The minimum atomic E-state index is -0.557. The molecule has 2 amide bonds. The van der Waals surface area contributed by atoms with Crippen molar-refractivity contribution in [3.05, 3.63) is 71.5 Å². The summed E-state index contributed by atoms with van der Waals surface area (Å²) in [4.78, 5) is 38.3. The summed E-state index contributed by atoms with van der Waals surface area (Å²) in [7, 11) is 3.33. The SMILES string of the molecule is CNC(=O)c1ccc(-c2ccc(-c3nn(C)c(-c4nc5cc6c(cc5[nH]4)CN(C(=O)OC(C)(C)C)C6)c3O)cc2)cn1. The van der Waals surface area contributed by atoms with Gasteiger partial charge in [0.15, 0.2) is 11.6 Å². The number of aryl methyl sites for hydroxylation is 1. The molecule has 0 saturated carbocycles. The number of hydrogen-bond donors (Lipinski definition) is 3. The van der Waals surface area contributed by atoms with Crippen molar-refractivity contribution in [1.82, 2.24) is 34.9 Å². The third kappa shape index (κ3) is 4.93. The van der Waals surface area contributed by atoms with Crippen molar-refractivity contribution < 1.29 is 19.4 Å². The van der Waals surface area contributed by atoms with Crippen molar-refractivity contribution >= 4 is 23.0 Å². The number of nitrogens with zero attached hydrogens (tertiary/aromatic N) is 5. The summed E-state index contributed by atoms with van der Waals surface area (Å²) >= 11 is 0. The maximum atomic E-state index is 12.6. The summed E-state index contributed by atoms with van der Waals surface area (Å²) in [5.74, 6) is 0.275. The Morgan fingerprint density at radius 3 is 2.31 bits per heavy atom. The standard InChI is InChI=1S/C31H31N7O4/c1-31(2,3)42-30(41)38-15-20-12-23-24(13-21(20)16-38)35-28(34-23)26-27(39)25(36-37(26)5)18-8-6-17(7-9-18)19-10-11-22(33-14-19)29(40)32-4/h6-14,39H,15-16H2,1-5H3,(H,32,40)(H,34,35). The van der Waals surface area contributed by atoms with Gasteiger partial charge in [-0.1, -0.05) is 30.3 Å². The molecule has 3 N–H and O–H groups in total. The number of imidazole rings is 1. The molecule has 0 bridgehead atoms. The van der Waals surface area contributed by atoms with E-state index < -0.39 is 5.60 Å². The van der Waals surface area contributed by atoms with Gasteiger partial charge >= 0.3 is 6.09 Å². The van der Waals surface area contributed by atoms with E-state index in [0.717, 1.165) is 38.9 Å². The van der Waals surface area contributed by atoms with Gasteiger partial charge < -0.3 is 20.1 Å². The second kappa shape index (κ2) is 10.0. The maximum Gasteiger partial charge on any atom is 0.410 e. The first kappa shape index (κ1) is 27.0. The Morgan fingerprint density at radius 1 is 1.00 bits per heavy atom. The number of aromatic amines is 1. The van der Waals surface area contributed by atoms with E-state index >= 15 is 0 Å². The van der Waals surface area contributed by atoms with E-state index in [4.69, 9.17) is 9.72 Å². The predicted molar refractivity (Wildman–Crippen MR) is 157 cm³/mol. The number of pyridine rings is 1. The lowest BCUT2D eigenvalue weighted by molar-refractivity contribution is 0.0241. The quantitative estimate of drug-likeness (QED) is 0.279. The number of carbonyl (C=O) groups is 2. The lowest BCUT2D eigenvalue weighted by Gasteiger charge is -2.24. The second-order valence-electron chi connectivity index (χ2n) is 11.3. The molecule has 214 valence electrons. The van der Waals surface area contributed by atoms with Gasteiger partial charge in [0.2, 0.25) is 0 Å². The number of amides is 2. The molecule has 0 saturated heterocycles. The molecule has 1 aliphatic heterocycles. The van der Waals surface area contributed by atoms with Gasteiger partial charge in [0, 0.05) is 44.5 Å². The number of carbonyl (C=O) groups excluding carboxylic acids is 2. The summed E-state index contributed by atoms with van der Waals surface area (Å²) in [6, 6.07) is 15.1. The van der Waals surface area contributed by atoms with Gasteiger partial charge in [0.1, 0.15) is 22.7 Å². The number of aromatic hydroxyl groups is 1. The normalized spacial score (nSPS) is 12.9. The molecule has 5 aromatic rings. The molecular weight excluding hydrogens is 534 g/mol. The molecule has 0 atom stereocenters. The van der Waals surface area contributed by atoms with Gasteiger partial charge in [-0.2, -0.15) is 5.10 Å². The van der Waals surface area contributed by atoms with Crippen LogP contribution >= 0.6 is 0 Å². The minimum absolute atomic E-state index is 0.0181. The first-order valence-corrected chi connectivity index (χ1v) is 13.6. The van der Waals surface area contributed by atoms with Crippen LogP contribution in [0.25, 0.3) is 44.9 Å². The molecule has 6 rings (SSSR count). The van der Waals surface area contributed by atoms with Crippen LogP contribution in [0.1, 0.15) is 42.4 Å². The molecule has 11 heteroatoms. The smallest absolute Gasteiger partial charge is 0.410 e. The number of aromatic nitrogens is 5. The molecular formula is C31H31N7O4. The number of fused-ring (bicyclic) bond motifs is 2. The monoisotopic (exact) mass is 565 g/mol. The molecule has 1 aliphatic rings. The zero-order chi connectivity index (χ0) is 29.8. The van der Waals surface area contributed by atoms with Crippen LogP contribution in [-0.4, -0.2) is 59.4 Å². The number of ether oxygens (including phenoxy) is 1. The van der Waals surface area contributed by atoms with Crippen LogP contribution < -0.4 is 5.32 Å². The summed E-state index contributed by atoms with van der Waals surface area (Å²) in [5, 5.41) is 18.4. The van der Waals surface area contributed by atoms with Crippen LogP contribution in [0, 0.1) is 0 Å². The zero-order valence-corrected chi connectivity index (χ0v) is 24.0. The molecule has 0 fully saturated rings. The lowest BCUT2D eigenvalue weighted by atomic mass is 10.0. The first-order valence-electron chi connectivity index (χ1n) is 13.6. The average molecular weight is 566 g/mol. The first-order chi connectivity index (χ1) is 20.0. The molecule has 0 unspecified atom stereocenters. The van der Waals surface area contributed by atoms with Crippen LogP contribution in [0.4, 0.5) is 4.79 Å². The van der Waals surface area contributed by atoms with Crippen LogP contribution in [0.3, 0.4) is 0 Å². The van der Waals surface area contributed by atoms with Crippen molar-refractivity contribution in [2.24, 2.45) is 7.05 Å². The number of rotatable bonds is 4. The molecule has 2 aromatic carbocycles. The predicted octanol–water partition coefficient (Wildman–Crippen LogP) is 5.01. The molecule has 11 nitrogen and oxygen atoms in total. The van der Waals surface area contributed by atoms with E-state index in [0.29, 0.717) is 36.0 Å². The Kier molecular flexibility index (Phi) is 6.44. The Labute approximate surface area is 242 Å². The van der Waals surface area contributed by atoms with Crippen LogP contribution in [0.2, 0.25) is 0 Å². The van der Waals surface area contributed by atoms with E-state index in [2.05, 4.69) is 20.4 Å². The zero-order valence-electron chi connectivity index (χ0n) is 24.0. The molecule has 0 spiro atoms. The fourth-order valence-corrected chi connectivity index (χ4v) is 5.09. The summed E-state index contributed by atoms with van der Waals surface area (Å²) in [6.07, 6.45) is 1.31. The van der Waals surface area contributed by atoms with Gasteiger partial charge in [0.25, 0.3) is 5.91 Å². The van der Waals surface area contributed by atoms with Crippen molar-refractivity contribution in [3.8, 4) is 39.7 Å². The van der Waals surface area contributed by atoms with Crippen LogP contribution in [0.5, 0.6) is 5.75 Å². The average Bonchev–Trinajstić information content (AvgIpc) is 3.64. The van der Waals surface area contributed by atoms with Crippen molar-refractivity contribution in [2.45, 2.75) is 39.5 Å². The second-order valence-corrected chi connectivity index (χ2v) is 11.3. The Bertz CT molecular complexity index is 1790. The maximum absolute atomic E-state index is 12.6. The Hall–Kier alpha value is -5.19. The lowest BCUT2D eigenvalue weighted by Crippen LogP contribution is -2.33. The number of H-pyrrole nitrogens is 1. The number of benzene rings is 2. The third-order valence-electron chi connectivity index (χ3n) is 7.14. The third-order valence-corrected chi connectivity index (χ3v) is 7.14. The summed E-state index contributed by atoms with van der Waals surface area (Å²) in [5.41, 5.74) is 6.79. The minimum Gasteiger partial charge on any atom is -0.504 e. The molecule has 42 heavy (non-hydrogen) atoms. The highest BCUT2D eigenvalue weighted by atomic mass is 16.6. The number of nitrogens with one attached hydrogen (secondary N) is 2. The van der Waals surface area contributed by atoms with Crippen molar-refractivity contribution in [1.29, 1.82) is 0 Å². The van der Waals surface area contributed by atoms with E-state index in [-0.39, 0.29) is 17.7 Å². The molecule has 0 radical (unpaired) electrons. The molecule has 0 aliphatic carbocycles. The summed E-state index contributed by atoms with van der Waals surface area (Å²) in [6.45, 7) is 6.47. The fourth-order valence-electron chi connectivity index (χ4n) is 5.09.